The molecule has 0 spiro atoms. The number of amides is 1. The molecule has 1 saturated carbocycles. The van der Waals surface area contributed by atoms with Crippen molar-refractivity contribution in [2.75, 3.05) is 18.9 Å². The summed E-state index contributed by atoms with van der Waals surface area (Å²) in [6.45, 7) is 0.819. The predicted octanol–water partition coefficient (Wildman–Crippen LogP) is 3.62. The van der Waals surface area contributed by atoms with Crippen LogP contribution in [0.25, 0.3) is 11.4 Å². The van der Waals surface area contributed by atoms with Crippen molar-refractivity contribution in [1.82, 2.24) is 25.1 Å². The van der Waals surface area contributed by atoms with Crippen LogP contribution in [0.15, 0.2) is 53.9 Å². The molecule has 0 saturated heterocycles. The minimum Gasteiger partial charge on any atom is -0.492 e. The number of benzene rings is 1. The Bertz CT molecular complexity index is 961. The second kappa shape index (κ2) is 9.28. The predicted molar refractivity (Wildman–Crippen MR) is 112 cm³/mol. The fourth-order valence-corrected chi connectivity index (χ4v) is 3.76. The van der Waals surface area contributed by atoms with Crippen LogP contribution in [0.5, 0.6) is 5.75 Å². The monoisotopic (exact) mass is 429 g/mol. The van der Waals surface area contributed by atoms with Gasteiger partial charge in [0.1, 0.15) is 12.4 Å². The van der Waals surface area contributed by atoms with Crippen molar-refractivity contribution in [3.63, 3.8) is 0 Å². The molecule has 1 fully saturated rings. The highest BCUT2D eigenvalue weighted by molar-refractivity contribution is 7.99. The normalized spacial score (nSPS) is 13.3. The first-order valence-corrected chi connectivity index (χ1v) is 10.7. The maximum atomic E-state index is 12.2. The first-order valence-electron chi connectivity index (χ1n) is 9.34. The lowest BCUT2D eigenvalue weighted by Crippen LogP contribution is -2.29. The van der Waals surface area contributed by atoms with E-state index in [-0.39, 0.29) is 11.7 Å². The molecule has 0 radical (unpaired) electrons. The van der Waals surface area contributed by atoms with Crippen LogP contribution >= 0.6 is 23.4 Å². The highest BCUT2D eigenvalue weighted by Gasteiger charge is 2.30. The highest BCUT2D eigenvalue weighted by atomic mass is 35.5. The molecular formula is C20H20ClN5O2S. The number of nitrogens with zero attached hydrogens (tertiary/aromatic N) is 4. The molecule has 0 atom stereocenters. The number of carbonyl (C=O) groups is 1. The van der Waals surface area contributed by atoms with Crippen LogP contribution in [0, 0.1) is 0 Å². The van der Waals surface area contributed by atoms with Crippen molar-refractivity contribution < 1.29 is 9.53 Å². The lowest BCUT2D eigenvalue weighted by Gasteiger charge is -2.09. The molecule has 4 rings (SSSR count). The highest BCUT2D eigenvalue weighted by Crippen LogP contribution is 2.40. The SMILES string of the molecule is O=C(CSc1nnc(-c2cccnc2)n1C1CC1)NCCOc1ccc(Cl)cc1. The number of carbonyl (C=O) groups excluding carboxylic acids is 1. The Morgan fingerprint density at radius 3 is 2.79 bits per heavy atom. The van der Waals surface area contributed by atoms with Gasteiger partial charge >= 0.3 is 0 Å². The summed E-state index contributed by atoms with van der Waals surface area (Å²) in [7, 11) is 0. The number of pyridine rings is 1. The van der Waals surface area contributed by atoms with Crippen molar-refractivity contribution in [1.29, 1.82) is 0 Å². The molecular weight excluding hydrogens is 410 g/mol. The Hall–Kier alpha value is -2.58. The van der Waals surface area contributed by atoms with Gasteiger partial charge in [-0.15, -0.1) is 10.2 Å². The number of ether oxygens (including phenoxy) is 1. The molecule has 3 aromatic rings. The Labute approximate surface area is 177 Å². The van der Waals surface area contributed by atoms with Crippen molar-refractivity contribution in [2.24, 2.45) is 0 Å². The number of aromatic nitrogens is 4. The minimum absolute atomic E-state index is 0.0667. The van der Waals surface area contributed by atoms with E-state index in [0.717, 1.165) is 35.1 Å². The zero-order valence-electron chi connectivity index (χ0n) is 15.6. The molecule has 2 aromatic heterocycles. The Balaban J connectivity index is 1.27. The van der Waals surface area contributed by atoms with Gasteiger partial charge in [0.15, 0.2) is 11.0 Å². The van der Waals surface area contributed by atoms with Crippen LogP contribution in [0.4, 0.5) is 0 Å². The Morgan fingerprint density at radius 1 is 1.24 bits per heavy atom. The third kappa shape index (κ3) is 5.27. The molecule has 1 N–H and O–H groups in total. The van der Waals surface area contributed by atoms with Gasteiger partial charge in [-0.05, 0) is 49.2 Å². The first-order chi connectivity index (χ1) is 14.2. The van der Waals surface area contributed by atoms with Gasteiger partial charge in [-0.1, -0.05) is 23.4 Å². The topological polar surface area (TPSA) is 81.9 Å². The van der Waals surface area contributed by atoms with Crippen molar-refractivity contribution in [3.8, 4) is 17.1 Å². The maximum absolute atomic E-state index is 12.2. The van der Waals surface area contributed by atoms with E-state index >= 15 is 0 Å². The van der Waals surface area contributed by atoms with Gasteiger partial charge < -0.3 is 10.1 Å². The van der Waals surface area contributed by atoms with Crippen molar-refractivity contribution in [3.05, 3.63) is 53.8 Å². The molecule has 29 heavy (non-hydrogen) atoms. The van der Waals surface area contributed by atoms with Gasteiger partial charge in [0.05, 0.1) is 12.3 Å². The molecule has 150 valence electrons. The van der Waals surface area contributed by atoms with Gasteiger partial charge in [0.2, 0.25) is 5.91 Å². The van der Waals surface area contributed by atoms with E-state index in [0.29, 0.717) is 24.2 Å². The van der Waals surface area contributed by atoms with Crippen LogP contribution in [-0.4, -0.2) is 44.6 Å². The fraction of sp³-hybridized carbons (Fsp3) is 0.300. The Kier molecular flexibility index (Phi) is 6.31. The summed E-state index contributed by atoms with van der Waals surface area (Å²) in [5, 5.41) is 12.9. The summed E-state index contributed by atoms with van der Waals surface area (Å²) < 4.78 is 7.70. The van der Waals surface area contributed by atoms with E-state index in [1.165, 1.54) is 11.8 Å². The van der Waals surface area contributed by atoms with Gasteiger partial charge in [-0.25, -0.2) is 0 Å². The average Bonchev–Trinajstić information content (AvgIpc) is 3.50. The zero-order valence-corrected chi connectivity index (χ0v) is 17.2. The zero-order chi connectivity index (χ0) is 20.1. The second-order valence-corrected chi connectivity index (χ2v) is 7.97. The molecule has 0 unspecified atom stereocenters. The van der Waals surface area contributed by atoms with E-state index in [1.54, 1.807) is 36.7 Å². The van der Waals surface area contributed by atoms with Crippen molar-refractivity contribution >= 4 is 29.3 Å². The molecule has 1 aromatic carbocycles. The van der Waals surface area contributed by atoms with Gasteiger partial charge in [-0.3, -0.25) is 14.3 Å². The van der Waals surface area contributed by atoms with Gasteiger partial charge in [0, 0.05) is 29.0 Å². The second-order valence-electron chi connectivity index (χ2n) is 6.59. The van der Waals surface area contributed by atoms with Gasteiger partial charge in [0.25, 0.3) is 0 Å². The summed E-state index contributed by atoms with van der Waals surface area (Å²) >= 11 is 7.24. The van der Waals surface area contributed by atoms with E-state index < -0.39 is 0 Å². The number of nitrogens with one attached hydrogen (secondary N) is 1. The third-order valence-electron chi connectivity index (χ3n) is 4.34. The van der Waals surface area contributed by atoms with E-state index in [4.69, 9.17) is 16.3 Å². The number of hydrogen-bond acceptors (Lipinski definition) is 6. The molecule has 0 bridgehead atoms. The molecule has 1 aliphatic rings. The summed E-state index contributed by atoms with van der Waals surface area (Å²) in [6, 6.07) is 11.4. The van der Waals surface area contributed by atoms with Crippen molar-refractivity contribution in [2.45, 2.75) is 24.0 Å². The van der Waals surface area contributed by atoms with Crippen LogP contribution in [0.1, 0.15) is 18.9 Å². The average molecular weight is 430 g/mol. The molecule has 1 amide bonds. The number of hydrogen-bond donors (Lipinski definition) is 1. The molecule has 2 heterocycles. The van der Waals surface area contributed by atoms with Crippen LogP contribution in [0.3, 0.4) is 0 Å². The van der Waals surface area contributed by atoms with Crippen LogP contribution in [0.2, 0.25) is 5.02 Å². The number of thioether (sulfide) groups is 1. The lowest BCUT2D eigenvalue weighted by molar-refractivity contribution is -0.118. The van der Waals surface area contributed by atoms with Crippen LogP contribution < -0.4 is 10.1 Å². The molecule has 9 heteroatoms. The summed E-state index contributed by atoms with van der Waals surface area (Å²) in [4.78, 5) is 16.3. The minimum atomic E-state index is -0.0667. The van der Waals surface area contributed by atoms with E-state index in [2.05, 4.69) is 25.1 Å². The standard InChI is InChI=1S/C20H20ClN5O2S/c21-15-3-7-17(8-4-15)28-11-10-23-18(27)13-29-20-25-24-19(26(20)16-5-6-16)14-2-1-9-22-12-14/h1-4,7-9,12,16H,5-6,10-11,13H2,(H,23,27). The van der Waals surface area contributed by atoms with E-state index in [1.807, 2.05) is 12.1 Å². The molecule has 1 aliphatic carbocycles. The molecule has 7 nitrogen and oxygen atoms in total. The number of rotatable bonds is 9. The van der Waals surface area contributed by atoms with E-state index in [9.17, 15) is 4.79 Å². The first kappa shape index (κ1) is 19.7. The molecule has 0 aliphatic heterocycles. The number of halogens is 1. The van der Waals surface area contributed by atoms with Crippen LogP contribution in [-0.2, 0) is 4.79 Å². The fourth-order valence-electron chi connectivity index (χ4n) is 2.80. The largest absolute Gasteiger partial charge is 0.492 e. The summed E-state index contributed by atoms with van der Waals surface area (Å²) in [5.41, 5.74) is 0.933. The quantitative estimate of drug-likeness (QED) is 0.413. The summed E-state index contributed by atoms with van der Waals surface area (Å²) in [6.07, 6.45) is 5.73. The third-order valence-corrected chi connectivity index (χ3v) is 5.53. The Morgan fingerprint density at radius 2 is 2.07 bits per heavy atom. The van der Waals surface area contributed by atoms with Gasteiger partial charge in [-0.2, -0.15) is 0 Å². The smallest absolute Gasteiger partial charge is 0.230 e. The summed E-state index contributed by atoms with van der Waals surface area (Å²) in [5.74, 6) is 1.74. The maximum Gasteiger partial charge on any atom is 0.230 e. The lowest BCUT2D eigenvalue weighted by atomic mass is 10.3.